The summed E-state index contributed by atoms with van der Waals surface area (Å²) in [5, 5.41) is 23.4. The summed E-state index contributed by atoms with van der Waals surface area (Å²) >= 11 is 1.54. The molecule has 0 aliphatic carbocycles. The molecule has 3 heterocycles. The Morgan fingerprint density at radius 1 is 1.50 bits per heavy atom. The topological polar surface area (TPSA) is 111 Å². The van der Waals surface area contributed by atoms with Crippen molar-refractivity contribution in [3.05, 3.63) is 30.4 Å². The van der Waals surface area contributed by atoms with Crippen LogP contribution in [-0.4, -0.2) is 80.9 Å². The highest BCUT2D eigenvalue weighted by atomic mass is 32.2. The van der Waals surface area contributed by atoms with Crippen LogP contribution in [0.25, 0.3) is 0 Å². The number of aromatic amines is 1. The summed E-state index contributed by atoms with van der Waals surface area (Å²) in [4.78, 5) is 16.5. The molecule has 3 N–H and O–H groups in total. The van der Waals surface area contributed by atoms with Crippen LogP contribution in [-0.2, 0) is 6.54 Å². The van der Waals surface area contributed by atoms with Crippen LogP contribution in [0.2, 0.25) is 0 Å². The van der Waals surface area contributed by atoms with Gasteiger partial charge in [0.2, 0.25) is 0 Å². The standard InChI is InChI=1S/C16H24N6O3S/c23-7-3-13-11-22(6-5-21(13)12-14-2-1-8-25-14)16(24)17-4-9-26-15-10-18-20-19-15/h1-2,8,10,13,23H,3-7,9,11-12H2,(H,17,24)(H,18,19,20)/t13-/m0/s1. The molecule has 2 aromatic heterocycles. The highest BCUT2D eigenvalue weighted by Gasteiger charge is 2.29. The Hall–Kier alpha value is -2.04. The molecule has 1 aliphatic heterocycles. The molecule has 0 radical (unpaired) electrons. The number of aliphatic hydroxyl groups excluding tert-OH is 1. The molecule has 142 valence electrons. The fourth-order valence-corrected chi connectivity index (χ4v) is 3.64. The zero-order chi connectivity index (χ0) is 18.2. The largest absolute Gasteiger partial charge is 0.468 e. The van der Waals surface area contributed by atoms with Crippen molar-refractivity contribution in [2.75, 3.05) is 38.5 Å². The lowest BCUT2D eigenvalue weighted by molar-refractivity contribution is 0.0637. The van der Waals surface area contributed by atoms with E-state index in [1.54, 1.807) is 12.5 Å². The third-order valence-electron chi connectivity index (χ3n) is 4.31. The smallest absolute Gasteiger partial charge is 0.317 e. The van der Waals surface area contributed by atoms with Gasteiger partial charge in [0, 0.05) is 44.6 Å². The summed E-state index contributed by atoms with van der Waals surface area (Å²) in [7, 11) is 0. The van der Waals surface area contributed by atoms with Crippen LogP contribution in [0.5, 0.6) is 0 Å². The molecule has 0 bridgehead atoms. The number of nitrogens with zero attached hydrogens (tertiary/aromatic N) is 4. The van der Waals surface area contributed by atoms with Gasteiger partial charge < -0.3 is 19.7 Å². The maximum atomic E-state index is 12.4. The van der Waals surface area contributed by atoms with E-state index in [1.807, 2.05) is 17.0 Å². The molecule has 1 atom stereocenters. The number of carbonyl (C=O) groups excluding carboxylic acids is 1. The number of amides is 2. The minimum absolute atomic E-state index is 0.0636. The van der Waals surface area contributed by atoms with Gasteiger partial charge in [0.05, 0.1) is 19.0 Å². The average Bonchev–Trinajstić information content (AvgIpc) is 3.34. The van der Waals surface area contributed by atoms with E-state index in [9.17, 15) is 9.90 Å². The van der Waals surface area contributed by atoms with Gasteiger partial charge in [-0.05, 0) is 18.6 Å². The first-order valence-corrected chi connectivity index (χ1v) is 9.63. The molecular formula is C16H24N6O3S. The van der Waals surface area contributed by atoms with E-state index >= 15 is 0 Å². The molecule has 2 amide bonds. The van der Waals surface area contributed by atoms with E-state index in [0.29, 0.717) is 32.6 Å². The average molecular weight is 380 g/mol. The second-order valence-corrected chi connectivity index (χ2v) is 7.17. The molecule has 0 spiro atoms. The van der Waals surface area contributed by atoms with Crippen molar-refractivity contribution >= 4 is 17.8 Å². The van der Waals surface area contributed by atoms with Gasteiger partial charge in [-0.2, -0.15) is 10.3 Å². The summed E-state index contributed by atoms with van der Waals surface area (Å²) in [5.41, 5.74) is 0. The van der Waals surface area contributed by atoms with E-state index in [2.05, 4.69) is 25.6 Å². The van der Waals surface area contributed by atoms with E-state index in [4.69, 9.17) is 4.42 Å². The highest BCUT2D eigenvalue weighted by Crippen LogP contribution is 2.17. The Balaban J connectivity index is 1.44. The molecule has 2 aromatic rings. The predicted octanol–water partition coefficient (Wildman–Crippen LogP) is 0.768. The second-order valence-electron chi connectivity index (χ2n) is 6.05. The Morgan fingerprint density at radius 3 is 3.15 bits per heavy atom. The molecule has 0 unspecified atom stereocenters. The third-order valence-corrected chi connectivity index (χ3v) is 5.22. The molecule has 1 saturated heterocycles. The number of aliphatic hydroxyl groups is 1. The number of furan rings is 1. The molecule has 26 heavy (non-hydrogen) atoms. The van der Waals surface area contributed by atoms with Crippen LogP contribution in [0.4, 0.5) is 4.79 Å². The van der Waals surface area contributed by atoms with Crippen molar-refractivity contribution in [3.8, 4) is 0 Å². The lowest BCUT2D eigenvalue weighted by atomic mass is 10.1. The van der Waals surface area contributed by atoms with Gasteiger partial charge in [-0.15, -0.1) is 16.9 Å². The van der Waals surface area contributed by atoms with Crippen LogP contribution in [0.3, 0.4) is 0 Å². The summed E-state index contributed by atoms with van der Waals surface area (Å²) in [6.45, 7) is 3.37. The van der Waals surface area contributed by atoms with Crippen molar-refractivity contribution in [3.63, 3.8) is 0 Å². The molecule has 10 heteroatoms. The van der Waals surface area contributed by atoms with Crippen LogP contribution in [0.1, 0.15) is 12.2 Å². The number of thioether (sulfide) groups is 1. The first kappa shape index (κ1) is 18.7. The monoisotopic (exact) mass is 380 g/mol. The number of H-pyrrole nitrogens is 1. The number of rotatable bonds is 8. The molecular weight excluding hydrogens is 356 g/mol. The van der Waals surface area contributed by atoms with Crippen LogP contribution < -0.4 is 5.32 Å². The van der Waals surface area contributed by atoms with Gasteiger partial charge in [0.1, 0.15) is 10.8 Å². The van der Waals surface area contributed by atoms with Crippen LogP contribution in [0, 0.1) is 0 Å². The number of urea groups is 1. The van der Waals surface area contributed by atoms with Crippen LogP contribution >= 0.6 is 11.8 Å². The lowest BCUT2D eigenvalue weighted by Crippen LogP contribution is -2.56. The number of carbonyl (C=O) groups is 1. The minimum atomic E-state index is -0.0636. The predicted molar refractivity (Wildman–Crippen MR) is 96.7 cm³/mol. The van der Waals surface area contributed by atoms with Crippen LogP contribution in [0.15, 0.2) is 34.0 Å². The highest BCUT2D eigenvalue weighted by molar-refractivity contribution is 7.99. The fraction of sp³-hybridized carbons (Fsp3) is 0.562. The molecule has 1 aliphatic rings. The second kappa shape index (κ2) is 9.60. The molecule has 3 rings (SSSR count). The number of aromatic nitrogens is 3. The quantitative estimate of drug-likeness (QED) is 0.458. The zero-order valence-corrected chi connectivity index (χ0v) is 15.3. The number of hydrogen-bond acceptors (Lipinski definition) is 7. The third kappa shape index (κ3) is 5.23. The van der Waals surface area contributed by atoms with Gasteiger partial charge in [-0.1, -0.05) is 0 Å². The minimum Gasteiger partial charge on any atom is -0.468 e. The van der Waals surface area contributed by atoms with E-state index in [1.165, 1.54) is 11.8 Å². The molecule has 0 aromatic carbocycles. The summed E-state index contributed by atoms with van der Waals surface area (Å²) < 4.78 is 5.42. The zero-order valence-electron chi connectivity index (χ0n) is 14.5. The van der Waals surface area contributed by atoms with Gasteiger partial charge in [-0.3, -0.25) is 4.90 Å². The van der Waals surface area contributed by atoms with Crippen molar-refractivity contribution in [2.45, 2.75) is 24.0 Å². The van der Waals surface area contributed by atoms with E-state index in [0.717, 1.165) is 23.1 Å². The van der Waals surface area contributed by atoms with E-state index < -0.39 is 0 Å². The number of nitrogens with one attached hydrogen (secondary N) is 2. The SMILES string of the molecule is O=C(NCCSc1cn[nH]n1)N1CCN(Cc2ccco2)[C@@H](CCO)C1. The van der Waals surface area contributed by atoms with E-state index in [-0.39, 0.29) is 18.7 Å². The Morgan fingerprint density at radius 2 is 2.42 bits per heavy atom. The first-order valence-electron chi connectivity index (χ1n) is 8.65. The van der Waals surface area contributed by atoms with Crippen molar-refractivity contribution in [1.29, 1.82) is 0 Å². The first-order chi connectivity index (χ1) is 12.8. The lowest BCUT2D eigenvalue weighted by Gasteiger charge is -2.41. The Kier molecular flexibility index (Phi) is 6.92. The summed E-state index contributed by atoms with van der Waals surface area (Å²) in [6, 6.07) is 3.87. The van der Waals surface area contributed by atoms with Gasteiger partial charge in [-0.25, -0.2) is 4.79 Å². The van der Waals surface area contributed by atoms with Crippen molar-refractivity contribution in [2.24, 2.45) is 0 Å². The van der Waals surface area contributed by atoms with Gasteiger partial charge >= 0.3 is 6.03 Å². The van der Waals surface area contributed by atoms with Gasteiger partial charge in [0.15, 0.2) is 0 Å². The molecule has 0 saturated carbocycles. The van der Waals surface area contributed by atoms with Crippen molar-refractivity contribution < 1.29 is 14.3 Å². The molecule has 1 fully saturated rings. The maximum absolute atomic E-state index is 12.4. The fourth-order valence-electron chi connectivity index (χ4n) is 3.00. The summed E-state index contributed by atoms with van der Waals surface area (Å²) in [5.74, 6) is 1.63. The Labute approximate surface area is 156 Å². The summed E-state index contributed by atoms with van der Waals surface area (Å²) in [6.07, 6.45) is 3.95. The van der Waals surface area contributed by atoms with Gasteiger partial charge in [0.25, 0.3) is 0 Å². The number of hydrogen-bond donors (Lipinski definition) is 3. The number of piperazine rings is 1. The van der Waals surface area contributed by atoms with Crippen molar-refractivity contribution in [1.82, 2.24) is 30.5 Å². The normalized spacial score (nSPS) is 18.2. The maximum Gasteiger partial charge on any atom is 0.317 e. The Bertz CT molecular complexity index is 651. The molecule has 9 nitrogen and oxygen atoms in total.